The summed E-state index contributed by atoms with van der Waals surface area (Å²) in [5.74, 6) is 3.44. The molecule has 0 aromatic heterocycles. The number of phenols is 2. The molecule has 6 rings (SSSR count). The maximum atomic E-state index is 13.1. The quantitative estimate of drug-likeness (QED) is 0.0394. The van der Waals surface area contributed by atoms with Gasteiger partial charge < -0.3 is 44.1 Å². The predicted octanol–water partition coefficient (Wildman–Crippen LogP) is 7.24. The maximum Gasteiger partial charge on any atom is 0.347 e. The molecule has 0 aliphatic heterocycles. The topological polar surface area (TPSA) is 195 Å². The molecule has 4 N–H and O–H groups in total. The predicted molar refractivity (Wildman–Crippen MR) is 221 cm³/mol. The minimum Gasteiger partial charge on any atom is -0.507 e. The third-order valence-corrected chi connectivity index (χ3v) is 9.39. The number of aliphatic hydroxyl groups excluding tert-OH is 2. The highest BCUT2D eigenvalue weighted by molar-refractivity contribution is 6.32. The van der Waals surface area contributed by atoms with Crippen molar-refractivity contribution in [1.29, 1.82) is 0 Å². The second-order valence-corrected chi connectivity index (χ2v) is 13.5. The van der Waals surface area contributed by atoms with Crippen LogP contribution in [0, 0.1) is 11.8 Å². The van der Waals surface area contributed by atoms with Gasteiger partial charge in [0.2, 0.25) is 0 Å². The van der Waals surface area contributed by atoms with E-state index in [2.05, 4.69) is 11.8 Å². The number of phenolic OH excluding ortho intramolecular Hbond substituents is 2. The lowest BCUT2D eigenvalue weighted by atomic mass is 10.0. The van der Waals surface area contributed by atoms with Gasteiger partial charge in [-0.25, -0.2) is 14.4 Å². The molecule has 13 nitrogen and oxygen atoms in total. The fraction of sp³-hybridized carbons (Fsp3) is 0.106. The number of ketones is 1. The van der Waals surface area contributed by atoms with Crippen molar-refractivity contribution in [2.24, 2.45) is 0 Å². The summed E-state index contributed by atoms with van der Waals surface area (Å²) in [6, 6.07) is 28.5. The molecule has 0 heterocycles. The summed E-state index contributed by atoms with van der Waals surface area (Å²) < 4.78 is 26.5. The van der Waals surface area contributed by atoms with Gasteiger partial charge in [0, 0.05) is 35.2 Å². The summed E-state index contributed by atoms with van der Waals surface area (Å²) >= 11 is 6.36. The largest absolute Gasteiger partial charge is 0.507 e. The minimum absolute atomic E-state index is 0.00631. The van der Waals surface area contributed by atoms with Crippen LogP contribution in [0.25, 0.3) is 0 Å². The van der Waals surface area contributed by atoms with Crippen molar-refractivity contribution in [1.82, 2.24) is 0 Å². The molecule has 14 heteroatoms. The molecule has 0 atom stereocenters. The first kappa shape index (κ1) is 43.0. The zero-order valence-corrected chi connectivity index (χ0v) is 33.2. The number of hydrogen-bond acceptors (Lipinski definition) is 13. The number of ether oxygens (including phenoxy) is 5. The van der Waals surface area contributed by atoms with Crippen LogP contribution in [0.3, 0.4) is 0 Å². The Morgan fingerprint density at radius 2 is 1.03 bits per heavy atom. The summed E-state index contributed by atoms with van der Waals surface area (Å²) in [6.45, 7) is -0.883. The molecule has 6 aromatic rings. The van der Waals surface area contributed by atoms with Crippen molar-refractivity contribution in [2.45, 2.75) is 19.6 Å². The van der Waals surface area contributed by atoms with Crippen molar-refractivity contribution in [3.05, 3.63) is 170 Å². The highest BCUT2D eigenvalue weighted by Gasteiger charge is 2.21. The number of hydrogen-bond donors (Lipinski definition) is 4. The van der Waals surface area contributed by atoms with Crippen LogP contribution in [-0.4, -0.2) is 58.3 Å². The molecule has 308 valence electrons. The first-order chi connectivity index (χ1) is 29.4. The lowest BCUT2D eigenvalue weighted by Gasteiger charge is -2.12. The van der Waals surface area contributed by atoms with Gasteiger partial charge in [-0.15, -0.1) is 0 Å². The van der Waals surface area contributed by atoms with Crippen LogP contribution in [-0.2, 0) is 19.6 Å². The highest BCUT2D eigenvalue weighted by Crippen LogP contribution is 2.35. The summed E-state index contributed by atoms with van der Waals surface area (Å²) in [5.41, 5.74) is 2.73. The third kappa shape index (κ3) is 10.5. The van der Waals surface area contributed by atoms with Crippen molar-refractivity contribution in [3.8, 4) is 52.1 Å². The molecule has 0 unspecified atom stereocenters. The SMILES string of the molecule is COc1cc(O)c(C(=O)Oc2ccc(C(=O)Cc3ccc(C#Cc4ccc(OC(=O)c5ccc(OC(=O)c6cc(CO)c(CO)cc6O)cc5)cc4)cc3)cc2Cl)cc1OC. The summed E-state index contributed by atoms with van der Waals surface area (Å²) in [5, 5.41) is 39.4. The summed E-state index contributed by atoms with van der Waals surface area (Å²) in [6.07, 6.45) is 0.0698. The zero-order valence-electron chi connectivity index (χ0n) is 32.4. The number of rotatable bonds is 13. The Bertz CT molecular complexity index is 2680. The maximum absolute atomic E-state index is 13.1. The number of Topliss-reactive ketones (excluding diaryl/α,β-unsaturated/α-hetero) is 1. The van der Waals surface area contributed by atoms with Crippen molar-refractivity contribution < 1.29 is 63.3 Å². The molecular formula is C47H35ClO13. The standard InChI is InChI=1S/C47H35ClO13/c1-57-43-23-37(41(53)24-44(43)58-2)47(56)61-42-18-13-31(21-38(42)48)39(51)19-29-7-5-27(6-8-29)3-4-28-9-14-34(15-10-28)59-45(54)30-11-16-35(17-12-30)60-46(55)36-20-32(25-49)33(26-50)22-40(36)52/h5-18,20-24,49-50,52-53H,19,25-26H2,1-2H3. The van der Waals surface area contributed by atoms with Crippen molar-refractivity contribution in [3.63, 3.8) is 0 Å². The van der Waals surface area contributed by atoms with Gasteiger partial charge in [0.1, 0.15) is 39.9 Å². The normalized spacial score (nSPS) is 10.5. The van der Waals surface area contributed by atoms with Gasteiger partial charge in [-0.3, -0.25) is 4.79 Å². The average molecular weight is 843 g/mol. The number of esters is 3. The van der Waals surface area contributed by atoms with Gasteiger partial charge in [0.25, 0.3) is 0 Å². The van der Waals surface area contributed by atoms with Crippen LogP contribution in [0.15, 0.2) is 115 Å². The molecule has 0 saturated carbocycles. The van der Waals surface area contributed by atoms with E-state index < -0.39 is 36.9 Å². The smallest absolute Gasteiger partial charge is 0.347 e. The summed E-state index contributed by atoms with van der Waals surface area (Å²) in [7, 11) is 2.78. The molecule has 0 spiro atoms. The number of halogens is 1. The Kier molecular flexibility index (Phi) is 13.7. The molecule has 0 amide bonds. The molecule has 0 fully saturated rings. The molecule has 61 heavy (non-hydrogen) atoms. The molecule has 0 radical (unpaired) electrons. The van der Waals surface area contributed by atoms with Crippen LogP contribution < -0.4 is 23.7 Å². The van der Waals surface area contributed by atoms with E-state index in [1.807, 2.05) is 0 Å². The number of methoxy groups -OCH3 is 2. The zero-order chi connectivity index (χ0) is 43.6. The first-order valence-corrected chi connectivity index (χ1v) is 18.6. The molecule has 0 saturated heterocycles. The van der Waals surface area contributed by atoms with Crippen molar-refractivity contribution >= 4 is 35.3 Å². The van der Waals surface area contributed by atoms with Gasteiger partial charge >= 0.3 is 17.9 Å². The number of aliphatic hydroxyl groups is 2. The van der Waals surface area contributed by atoms with E-state index in [-0.39, 0.29) is 79.5 Å². The van der Waals surface area contributed by atoms with Crippen LogP contribution in [0.5, 0.6) is 40.2 Å². The Morgan fingerprint density at radius 3 is 1.62 bits per heavy atom. The van der Waals surface area contributed by atoms with E-state index in [1.54, 1.807) is 48.5 Å². The lowest BCUT2D eigenvalue weighted by molar-refractivity contribution is 0.0719. The molecule has 0 aliphatic carbocycles. The van der Waals surface area contributed by atoms with Crippen LogP contribution in [0.2, 0.25) is 5.02 Å². The van der Waals surface area contributed by atoms with Gasteiger partial charge in [-0.1, -0.05) is 35.6 Å². The van der Waals surface area contributed by atoms with Gasteiger partial charge in [0.05, 0.1) is 38.0 Å². The number of aromatic hydroxyl groups is 2. The van der Waals surface area contributed by atoms with Crippen molar-refractivity contribution in [2.75, 3.05) is 14.2 Å². The minimum atomic E-state index is -0.897. The van der Waals surface area contributed by atoms with Gasteiger partial charge in [-0.05, 0) is 108 Å². The van der Waals surface area contributed by atoms with E-state index in [4.69, 9.17) is 35.3 Å². The number of carbonyl (C=O) groups excluding carboxylic acids is 4. The fourth-order valence-corrected chi connectivity index (χ4v) is 6.03. The third-order valence-electron chi connectivity index (χ3n) is 9.09. The number of carbonyl (C=O) groups is 4. The number of benzene rings is 6. The van der Waals surface area contributed by atoms with Crippen LogP contribution in [0.4, 0.5) is 0 Å². The second kappa shape index (κ2) is 19.4. The monoisotopic (exact) mass is 842 g/mol. The second-order valence-electron chi connectivity index (χ2n) is 13.1. The fourth-order valence-electron chi connectivity index (χ4n) is 5.81. The van der Waals surface area contributed by atoms with Gasteiger partial charge in [0.15, 0.2) is 17.3 Å². The lowest BCUT2D eigenvalue weighted by Crippen LogP contribution is -2.11. The van der Waals surface area contributed by atoms with E-state index in [0.717, 1.165) is 5.56 Å². The first-order valence-electron chi connectivity index (χ1n) is 18.2. The van der Waals surface area contributed by atoms with E-state index in [0.29, 0.717) is 16.7 Å². The Balaban J connectivity index is 0.996. The van der Waals surface area contributed by atoms with E-state index >= 15 is 0 Å². The average Bonchev–Trinajstić information content (AvgIpc) is 3.27. The molecule has 0 aliphatic rings. The van der Waals surface area contributed by atoms with Crippen LogP contribution >= 0.6 is 11.6 Å². The summed E-state index contributed by atoms with van der Waals surface area (Å²) in [4.78, 5) is 51.3. The Hall–Kier alpha value is -7.63. The highest BCUT2D eigenvalue weighted by atomic mass is 35.5. The van der Waals surface area contributed by atoms with Gasteiger partial charge in [-0.2, -0.15) is 0 Å². The van der Waals surface area contributed by atoms with E-state index in [9.17, 15) is 39.6 Å². The molecule has 0 bridgehead atoms. The Labute approximate surface area is 353 Å². The molecular weight excluding hydrogens is 808 g/mol. The van der Waals surface area contributed by atoms with E-state index in [1.165, 1.54) is 80.9 Å². The molecule has 6 aromatic carbocycles. The van der Waals surface area contributed by atoms with Crippen LogP contribution in [0.1, 0.15) is 69.2 Å². The Morgan fingerprint density at radius 1 is 0.541 bits per heavy atom.